The Hall–Kier alpha value is -2.56. The first-order valence-corrected chi connectivity index (χ1v) is 8.21. The second kappa shape index (κ2) is 6.75. The average molecular weight is 365 g/mol. The first kappa shape index (κ1) is 17.3. The number of rotatable bonds is 5. The summed E-state index contributed by atoms with van der Waals surface area (Å²) < 4.78 is 5.32. The van der Waals surface area contributed by atoms with Gasteiger partial charge in [-0.25, -0.2) is 4.98 Å². The van der Waals surface area contributed by atoms with Crippen LogP contribution in [0.25, 0.3) is 0 Å². The number of carbonyl (C=O) groups excluding carboxylic acids is 1. The van der Waals surface area contributed by atoms with E-state index in [1.807, 2.05) is 0 Å². The lowest BCUT2D eigenvalue weighted by Crippen LogP contribution is -2.36. The predicted octanol–water partition coefficient (Wildman–Crippen LogP) is 0.0661. The van der Waals surface area contributed by atoms with Gasteiger partial charge in [-0.2, -0.15) is 0 Å². The number of nitrogens with zero attached hydrogens (tertiary/aromatic N) is 1. The van der Waals surface area contributed by atoms with E-state index in [1.165, 1.54) is 11.3 Å². The number of pyridine rings is 1. The SMILES string of the molecule is Cc1ncsc1C(O)c1c2c([nH]c(=O)c1C(=O)NCC(=O)O)COC2. The number of ether oxygens (including phenoxy) is 1. The van der Waals surface area contributed by atoms with Crippen LogP contribution in [0.4, 0.5) is 0 Å². The minimum atomic E-state index is -1.24. The van der Waals surface area contributed by atoms with Crippen molar-refractivity contribution in [3.63, 3.8) is 0 Å². The number of carbonyl (C=O) groups is 2. The Kier molecular flexibility index (Phi) is 4.66. The molecule has 0 aliphatic carbocycles. The molecule has 3 heterocycles. The fourth-order valence-corrected chi connectivity index (χ4v) is 3.52. The molecule has 1 unspecified atom stereocenters. The van der Waals surface area contributed by atoms with Gasteiger partial charge in [0, 0.05) is 16.8 Å². The second-order valence-corrected chi connectivity index (χ2v) is 6.36. The van der Waals surface area contributed by atoms with Gasteiger partial charge in [-0.15, -0.1) is 11.3 Å². The molecule has 1 aliphatic heterocycles. The monoisotopic (exact) mass is 365 g/mol. The Morgan fingerprint density at radius 3 is 2.88 bits per heavy atom. The molecule has 4 N–H and O–H groups in total. The van der Waals surface area contributed by atoms with E-state index in [9.17, 15) is 19.5 Å². The largest absolute Gasteiger partial charge is 0.480 e. The van der Waals surface area contributed by atoms with Gasteiger partial charge in [0.05, 0.1) is 29.3 Å². The lowest BCUT2D eigenvalue weighted by atomic mass is 9.95. The number of hydrogen-bond donors (Lipinski definition) is 4. The number of thiazole rings is 1. The topological polar surface area (TPSA) is 142 Å². The quantitative estimate of drug-likeness (QED) is 0.587. The summed E-state index contributed by atoms with van der Waals surface area (Å²) in [6.45, 7) is 1.38. The van der Waals surface area contributed by atoms with E-state index >= 15 is 0 Å². The lowest BCUT2D eigenvalue weighted by molar-refractivity contribution is -0.135. The van der Waals surface area contributed by atoms with Crippen LogP contribution in [-0.4, -0.2) is 38.6 Å². The van der Waals surface area contributed by atoms with Gasteiger partial charge in [0.2, 0.25) is 0 Å². The standard InChI is InChI=1S/C15H15N3O6S/c1-6-13(25-5-17-6)12(21)10-7-3-24-4-8(7)18-15(23)11(10)14(22)16-2-9(19)20/h5,12,21H,2-4H2,1H3,(H,16,22)(H,18,23)(H,19,20). The number of H-pyrrole nitrogens is 1. The molecule has 132 valence electrons. The highest BCUT2D eigenvalue weighted by Gasteiger charge is 2.31. The van der Waals surface area contributed by atoms with E-state index in [-0.39, 0.29) is 24.3 Å². The van der Waals surface area contributed by atoms with Crippen LogP contribution >= 0.6 is 11.3 Å². The second-order valence-electron chi connectivity index (χ2n) is 5.47. The summed E-state index contributed by atoms with van der Waals surface area (Å²) in [4.78, 5) is 42.6. The number of fused-ring (bicyclic) bond motifs is 1. The number of aliphatic carboxylic acids is 1. The van der Waals surface area contributed by atoms with E-state index < -0.39 is 30.1 Å². The van der Waals surface area contributed by atoms with E-state index in [4.69, 9.17) is 9.84 Å². The molecule has 0 saturated heterocycles. The highest BCUT2D eigenvalue weighted by molar-refractivity contribution is 7.09. The van der Waals surface area contributed by atoms with Crippen LogP contribution in [-0.2, 0) is 22.7 Å². The molecule has 10 heteroatoms. The molecular formula is C15H15N3O6S. The molecule has 1 amide bonds. The van der Waals surface area contributed by atoms with E-state index in [0.717, 1.165) is 0 Å². The van der Waals surface area contributed by atoms with Crippen molar-refractivity contribution >= 4 is 23.2 Å². The number of carboxylic acids is 1. The summed E-state index contributed by atoms with van der Waals surface area (Å²) in [7, 11) is 0. The van der Waals surface area contributed by atoms with Gasteiger partial charge in [-0.3, -0.25) is 14.4 Å². The van der Waals surface area contributed by atoms with Crippen LogP contribution in [0.1, 0.15) is 43.9 Å². The Morgan fingerprint density at radius 2 is 2.24 bits per heavy atom. The van der Waals surface area contributed by atoms with E-state index in [1.54, 1.807) is 12.4 Å². The summed E-state index contributed by atoms with van der Waals surface area (Å²) in [6, 6.07) is 0. The summed E-state index contributed by atoms with van der Waals surface area (Å²) in [5, 5.41) is 21.7. The highest BCUT2D eigenvalue weighted by Crippen LogP contribution is 2.34. The van der Waals surface area contributed by atoms with Crippen LogP contribution in [0.3, 0.4) is 0 Å². The number of aryl methyl sites for hydroxylation is 1. The van der Waals surface area contributed by atoms with Crippen molar-refractivity contribution in [3.05, 3.63) is 48.8 Å². The molecule has 9 nitrogen and oxygen atoms in total. The molecule has 1 aliphatic rings. The summed E-state index contributed by atoms with van der Waals surface area (Å²) in [5.74, 6) is -2.11. The van der Waals surface area contributed by atoms with Gasteiger partial charge in [0.25, 0.3) is 11.5 Å². The Labute approximate surface area is 145 Å². The maximum absolute atomic E-state index is 12.4. The smallest absolute Gasteiger partial charge is 0.322 e. The molecule has 0 fully saturated rings. The van der Waals surface area contributed by atoms with Crippen molar-refractivity contribution in [2.75, 3.05) is 6.54 Å². The van der Waals surface area contributed by atoms with Crippen molar-refractivity contribution in [3.8, 4) is 0 Å². The molecule has 0 saturated carbocycles. The minimum absolute atomic E-state index is 0.131. The molecular weight excluding hydrogens is 350 g/mol. The Balaban J connectivity index is 2.14. The highest BCUT2D eigenvalue weighted by atomic mass is 32.1. The molecule has 3 rings (SSSR count). The average Bonchev–Trinajstić information content (AvgIpc) is 3.19. The lowest BCUT2D eigenvalue weighted by Gasteiger charge is -2.17. The van der Waals surface area contributed by atoms with Crippen LogP contribution in [0, 0.1) is 6.92 Å². The molecule has 2 aromatic heterocycles. The van der Waals surface area contributed by atoms with E-state index in [2.05, 4.69) is 15.3 Å². The number of aromatic amines is 1. The van der Waals surface area contributed by atoms with E-state index in [0.29, 0.717) is 21.8 Å². The number of carboxylic acid groups (broad SMARTS) is 1. The predicted molar refractivity (Wildman–Crippen MR) is 86.4 cm³/mol. The maximum Gasteiger partial charge on any atom is 0.322 e. The Bertz CT molecular complexity index is 903. The number of amides is 1. The number of aliphatic hydroxyl groups excluding tert-OH is 1. The molecule has 25 heavy (non-hydrogen) atoms. The summed E-state index contributed by atoms with van der Waals surface area (Å²) in [6.07, 6.45) is -1.24. The summed E-state index contributed by atoms with van der Waals surface area (Å²) in [5.41, 5.74) is 2.28. The molecule has 1 atom stereocenters. The zero-order valence-corrected chi connectivity index (χ0v) is 14.0. The zero-order chi connectivity index (χ0) is 18.1. The molecule has 2 aromatic rings. The number of hydrogen-bond acceptors (Lipinski definition) is 7. The van der Waals surface area contributed by atoms with Gasteiger partial charge in [-0.05, 0) is 6.92 Å². The van der Waals surface area contributed by atoms with Crippen molar-refractivity contribution < 1.29 is 24.5 Å². The van der Waals surface area contributed by atoms with Gasteiger partial charge < -0.3 is 25.3 Å². The number of aromatic nitrogens is 2. The van der Waals surface area contributed by atoms with Gasteiger partial charge >= 0.3 is 5.97 Å². The van der Waals surface area contributed by atoms with Crippen molar-refractivity contribution in [2.24, 2.45) is 0 Å². The van der Waals surface area contributed by atoms with Gasteiger partial charge in [0.1, 0.15) is 18.2 Å². The first-order valence-electron chi connectivity index (χ1n) is 7.33. The fraction of sp³-hybridized carbons (Fsp3) is 0.333. The molecule has 0 bridgehead atoms. The van der Waals surface area contributed by atoms with Crippen LogP contribution in [0.2, 0.25) is 0 Å². The molecule has 0 radical (unpaired) electrons. The van der Waals surface area contributed by atoms with Crippen LogP contribution in [0.15, 0.2) is 10.3 Å². The van der Waals surface area contributed by atoms with Crippen molar-refractivity contribution in [2.45, 2.75) is 26.2 Å². The van der Waals surface area contributed by atoms with Gasteiger partial charge in [-0.1, -0.05) is 0 Å². The molecule has 0 spiro atoms. The third-order valence-electron chi connectivity index (χ3n) is 3.87. The minimum Gasteiger partial charge on any atom is -0.480 e. The van der Waals surface area contributed by atoms with Gasteiger partial charge in [0.15, 0.2) is 0 Å². The fourth-order valence-electron chi connectivity index (χ4n) is 2.73. The third-order valence-corrected chi connectivity index (χ3v) is 4.86. The number of nitrogens with one attached hydrogen (secondary N) is 2. The number of aliphatic hydroxyl groups is 1. The normalized spacial score (nSPS) is 14.2. The van der Waals surface area contributed by atoms with Crippen molar-refractivity contribution in [1.82, 2.24) is 15.3 Å². The van der Waals surface area contributed by atoms with Crippen LogP contribution < -0.4 is 10.9 Å². The Morgan fingerprint density at radius 1 is 1.48 bits per heavy atom. The molecule has 0 aromatic carbocycles. The summed E-state index contributed by atoms with van der Waals surface area (Å²) >= 11 is 1.20. The first-order chi connectivity index (χ1) is 11.9. The van der Waals surface area contributed by atoms with Crippen LogP contribution in [0.5, 0.6) is 0 Å². The zero-order valence-electron chi connectivity index (χ0n) is 13.2. The third kappa shape index (κ3) is 3.18. The maximum atomic E-state index is 12.4. The van der Waals surface area contributed by atoms with Crippen molar-refractivity contribution in [1.29, 1.82) is 0 Å².